The van der Waals surface area contributed by atoms with E-state index < -0.39 is 6.10 Å². The zero-order chi connectivity index (χ0) is 14.4. The number of nitrogens with zero attached hydrogens (tertiary/aromatic N) is 3. The van der Waals surface area contributed by atoms with Crippen LogP contribution < -0.4 is 0 Å². The normalized spacial score (nSPS) is 23.6. The lowest BCUT2D eigenvalue weighted by molar-refractivity contribution is 0.206. The molecule has 1 fully saturated rings. The molecule has 21 heavy (non-hydrogen) atoms. The van der Waals surface area contributed by atoms with Crippen molar-refractivity contribution in [1.82, 2.24) is 14.5 Å². The molecule has 1 N–H and O–H groups in total. The summed E-state index contributed by atoms with van der Waals surface area (Å²) < 4.78 is 2.17. The molecule has 1 atom stereocenters. The number of rotatable bonds is 1. The van der Waals surface area contributed by atoms with Crippen molar-refractivity contribution in [2.75, 3.05) is 20.1 Å². The maximum absolute atomic E-state index is 10.7. The van der Waals surface area contributed by atoms with Gasteiger partial charge in [0.05, 0.1) is 5.69 Å². The van der Waals surface area contributed by atoms with Crippen molar-refractivity contribution in [2.45, 2.75) is 37.8 Å². The molecule has 5 heteroatoms. The van der Waals surface area contributed by atoms with E-state index in [1.165, 1.54) is 23.4 Å². The van der Waals surface area contributed by atoms with Gasteiger partial charge >= 0.3 is 0 Å². The molecule has 4 rings (SSSR count). The summed E-state index contributed by atoms with van der Waals surface area (Å²) >= 11 is 1.74. The molecule has 0 aliphatic carbocycles. The fourth-order valence-electron chi connectivity index (χ4n) is 3.51. The molecule has 2 aromatic rings. The third-order valence-corrected chi connectivity index (χ3v) is 5.86. The standard InChI is InChI=1S/C16H21N3OS/c1-18-6-2-11(3-7-18)13-10-19-8-4-14-12(5-9-21-14)15(20)16(19)17-13/h5,9-11,15,20H,2-4,6-8H2,1H3. The summed E-state index contributed by atoms with van der Waals surface area (Å²) in [4.78, 5) is 8.50. The maximum atomic E-state index is 10.7. The van der Waals surface area contributed by atoms with Gasteiger partial charge in [-0.25, -0.2) is 4.98 Å². The summed E-state index contributed by atoms with van der Waals surface area (Å²) in [5, 5.41) is 12.7. The molecule has 1 saturated heterocycles. The molecule has 4 nitrogen and oxygen atoms in total. The van der Waals surface area contributed by atoms with E-state index in [9.17, 15) is 5.11 Å². The average molecular weight is 303 g/mol. The number of piperidine rings is 1. The first-order chi connectivity index (χ1) is 10.2. The molecule has 4 heterocycles. The van der Waals surface area contributed by atoms with Crippen molar-refractivity contribution < 1.29 is 5.11 Å². The van der Waals surface area contributed by atoms with Crippen LogP contribution in [0.1, 0.15) is 46.8 Å². The Morgan fingerprint density at radius 1 is 1.29 bits per heavy atom. The number of imidazole rings is 1. The van der Waals surface area contributed by atoms with Gasteiger partial charge in [0.15, 0.2) is 0 Å². The Labute approximate surface area is 129 Å². The fourth-order valence-corrected chi connectivity index (χ4v) is 4.41. The quantitative estimate of drug-likeness (QED) is 0.879. The third-order valence-electron chi connectivity index (χ3n) is 4.86. The highest BCUT2D eigenvalue weighted by atomic mass is 32.1. The number of aromatic nitrogens is 2. The Balaban J connectivity index is 1.64. The van der Waals surface area contributed by atoms with Gasteiger partial charge in [0, 0.05) is 35.5 Å². The highest BCUT2D eigenvalue weighted by Crippen LogP contribution is 2.34. The number of thiophene rings is 1. The summed E-state index contributed by atoms with van der Waals surface area (Å²) in [6, 6.07) is 2.05. The fraction of sp³-hybridized carbons (Fsp3) is 0.562. The highest BCUT2D eigenvalue weighted by Gasteiger charge is 2.28. The van der Waals surface area contributed by atoms with E-state index in [2.05, 4.69) is 28.1 Å². The van der Waals surface area contributed by atoms with Crippen molar-refractivity contribution in [2.24, 2.45) is 0 Å². The molecule has 2 aliphatic heterocycles. The van der Waals surface area contributed by atoms with Gasteiger partial charge in [-0.15, -0.1) is 11.3 Å². The maximum Gasteiger partial charge on any atom is 0.142 e. The van der Waals surface area contributed by atoms with Crippen LogP contribution in [0.5, 0.6) is 0 Å². The minimum atomic E-state index is -0.561. The molecule has 0 amide bonds. The molecule has 0 aromatic carbocycles. The minimum Gasteiger partial charge on any atom is -0.380 e. The van der Waals surface area contributed by atoms with E-state index in [4.69, 9.17) is 4.98 Å². The van der Waals surface area contributed by atoms with Gasteiger partial charge in [-0.1, -0.05) is 0 Å². The molecule has 0 radical (unpaired) electrons. The van der Waals surface area contributed by atoms with Gasteiger partial charge in [0.2, 0.25) is 0 Å². The van der Waals surface area contributed by atoms with Gasteiger partial charge in [-0.05, 0) is 44.4 Å². The number of aliphatic hydroxyl groups is 1. The van der Waals surface area contributed by atoms with E-state index in [1.54, 1.807) is 11.3 Å². The Bertz CT molecular complexity index is 640. The van der Waals surface area contributed by atoms with Crippen LogP contribution in [0, 0.1) is 0 Å². The van der Waals surface area contributed by atoms with Crippen molar-refractivity contribution in [1.29, 1.82) is 0 Å². The van der Waals surface area contributed by atoms with Gasteiger partial charge in [-0.2, -0.15) is 0 Å². The topological polar surface area (TPSA) is 41.3 Å². The van der Waals surface area contributed by atoms with Crippen molar-refractivity contribution in [3.63, 3.8) is 0 Å². The molecule has 0 spiro atoms. The van der Waals surface area contributed by atoms with Crippen molar-refractivity contribution in [3.8, 4) is 0 Å². The van der Waals surface area contributed by atoms with E-state index >= 15 is 0 Å². The largest absolute Gasteiger partial charge is 0.380 e. The van der Waals surface area contributed by atoms with Crippen LogP contribution in [-0.2, 0) is 13.0 Å². The van der Waals surface area contributed by atoms with Crippen LogP contribution in [0.3, 0.4) is 0 Å². The Morgan fingerprint density at radius 2 is 2.10 bits per heavy atom. The summed E-state index contributed by atoms with van der Waals surface area (Å²) in [7, 11) is 2.18. The Hall–Kier alpha value is -1.17. The predicted molar refractivity (Wildman–Crippen MR) is 83.8 cm³/mol. The molecule has 2 aliphatic rings. The van der Waals surface area contributed by atoms with E-state index in [0.29, 0.717) is 5.92 Å². The SMILES string of the molecule is CN1CCC(c2cn3c(n2)C(O)c2ccsc2CC3)CC1. The molecule has 2 aromatic heterocycles. The van der Waals surface area contributed by atoms with E-state index in [-0.39, 0.29) is 0 Å². The Morgan fingerprint density at radius 3 is 2.90 bits per heavy atom. The summed E-state index contributed by atoms with van der Waals surface area (Å²) in [6.07, 6.45) is 4.97. The third kappa shape index (κ3) is 2.33. The van der Waals surface area contributed by atoms with Crippen LogP contribution in [0.2, 0.25) is 0 Å². The van der Waals surface area contributed by atoms with E-state index in [0.717, 1.165) is 37.4 Å². The molecular weight excluding hydrogens is 282 g/mol. The second-order valence-corrected chi connectivity index (χ2v) is 7.25. The van der Waals surface area contributed by atoms with Crippen LogP contribution in [0.4, 0.5) is 0 Å². The van der Waals surface area contributed by atoms with Gasteiger partial charge in [-0.3, -0.25) is 0 Å². The first-order valence-corrected chi connectivity index (χ1v) is 8.60. The van der Waals surface area contributed by atoms with Gasteiger partial charge in [0.25, 0.3) is 0 Å². The summed E-state index contributed by atoms with van der Waals surface area (Å²) in [5.41, 5.74) is 2.23. The van der Waals surface area contributed by atoms with Gasteiger partial charge < -0.3 is 14.6 Å². The van der Waals surface area contributed by atoms with Gasteiger partial charge in [0.1, 0.15) is 11.9 Å². The summed E-state index contributed by atoms with van der Waals surface area (Å²) in [5.74, 6) is 1.39. The molecule has 1 unspecified atom stereocenters. The zero-order valence-electron chi connectivity index (χ0n) is 12.3. The number of hydrogen-bond donors (Lipinski definition) is 1. The molecular formula is C16H21N3OS. The first-order valence-electron chi connectivity index (χ1n) is 7.72. The molecule has 0 bridgehead atoms. The lowest BCUT2D eigenvalue weighted by Gasteiger charge is -2.27. The van der Waals surface area contributed by atoms with Crippen LogP contribution >= 0.6 is 11.3 Å². The van der Waals surface area contributed by atoms with Crippen molar-refractivity contribution in [3.05, 3.63) is 39.6 Å². The smallest absolute Gasteiger partial charge is 0.142 e. The minimum absolute atomic E-state index is 0.551. The predicted octanol–water partition coefficient (Wildman–Crippen LogP) is 2.39. The lowest BCUT2D eigenvalue weighted by atomic mass is 9.94. The highest BCUT2D eigenvalue weighted by molar-refractivity contribution is 7.10. The number of fused-ring (bicyclic) bond motifs is 2. The van der Waals surface area contributed by atoms with Crippen molar-refractivity contribution >= 4 is 11.3 Å². The number of likely N-dealkylation sites (tertiary alicyclic amines) is 1. The second-order valence-electron chi connectivity index (χ2n) is 6.25. The number of hydrogen-bond acceptors (Lipinski definition) is 4. The number of aryl methyl sites for hydroxylation is 2. The Kier molecular flexibility index (Phi) is 3.36. The van der Waals surface area contributed by atoms with E-state index in [1.807, 2.05) is 6.07 Å². The lowest BCUT2D eigenvalue weighted by Crippen LogP contribution is -2.29. The molecule has 0 saturated carbocycles. The second kappa shape index (κ2) is 5.23. The zero-order valence-corrected chi connectivity index (χ0v) is 13.1. The molecule has 112 valence electrons. The first kappa shape index (κ1) is 13.5. The van der Waals surface area contributed by atoms with Crippen LogP contribution in [0.15, 0.2) is 17.6 Å². The summed E-state index contributed by atoms with van der Waals surface area (Å²) in [6.45, 7) is 3.22. The average Bonchev–Trinajstić information content (AvgIpc) is 3.10. The van der Waals surface area contributed by atoms with Crippen LogP contribution in [0.25, 0.3) is 0 Å². The monoisotopic (exact) mass is 303 g/mol. The van der Waals surface area contributed by atoms with Crippen LogP contribution in [-0.4, -0.2) is 39.7 Å². The number of aliphatic hydroxyl groups excluding tert-OH is 1.